The van der Waals surface area contributed by atoms with Crippen LogP contribution in [0.4, 0.5) is 10.2 Å². The molecule has 0 fully saturated rings. The standard InChI is InChI=1S/C25H22FN3/c26-21-13-15-22(16-14-21)29-25-23(8-4-5-17-27-25)24(28-29)20-11-9-19(10-12-20)18-6-2-1-3-7-18/h1-3,6-7,9-16,27H,4-5,8,17H2. The van der Waals surface area contributed by atoms with Crippen LogP contribution in [-0.2, 0) is 6.42 Å². The molecule has 0 spiro atoms. The van der Waals surface area contributed by atoms with E-state index in [1.165, 1.54) is 28.8 Å². The monoisotopic (exact) mass is 383 g/mol. The molecule has 0 saturated carbocycles. The van der Waals surface area contributed by atoms with Gasteiger partial charge in [-0.25, -0.2) is 9.07 Å². The Morgan fingerprint density at radius 3 is 2.21 bits per heavy atom. The van der Waals surface area contributed by atoms with E-state index in [4.69, 9.17) is 5.10 Å². The minimum absolute atomic E-state index is 0.239. The Morgan fingerprint density at radius 2 is 1.45 bits per heavy atom. The van der Waals surface area contributed by atoms with Crippen molar-refractivity contribution >= 4 is 5.82 Å². The highest BCUT2D eigenvalue weighted by molar-refractivity contribution is 5.74. The maximum absolute atomic E-state index is 13.4. The van der Waals surface area contributed by atoms with E-state index < -0.39 is 0 Å². The molecule has 0 saturated heterocycles. The summed E-state index contributed by atoms with van der Waals surface area (Å²) in [7, 11) is 0. The highest BCUT2D eigenvalue weighted by atomic mass is 19.1. The number of hydrogen-bond donors (Lipinski definition) is 1. The van der Waals surface area contributed by atoms with Gasteiger partial charge in [-0.15, -0.1) is 0 Å². The lowest BCUT2D eigenvalue weighted by atomic mass is 10.00. The number of rotatable bonds is 3. The van der Waals surface area contributed by atoms with Crippen LogP contribution in [0.25, 0.3) is 28.1 Å². The van der Waals surface area contributed by atoms with Gasteiger partial charge in [-0.1, -0.05) is 54.6 Å². The number of anilines is 1. The molecular formula is C25H22FN3. The van der Waals surface area contributed by atoms with E-state index in [0.717, 1.165) is 48.6 Å². The van der Waals surface area contributed by atoms with Gasteiger partial charge in [-0.2, -0.15) is 5.10 Å². The lowest BCUT2D eigenvalue weighted by Crippen LogP contribution is -2.07. The molecule has 1 N–H and O–H groups in total. The molecule has 1 aliphatic heterocycles. The first-order chi connectivity index (χ1) is 14.3. The zero-order chi connectivity index (χ0) is 19.6. The average Bonchev–Trinajstić information content (AvgIpc) is 2.96. The fourth-order valence-electron chi connectivity index (χ4n) is 3.95. The van der Waals surface area contributed by atoms with E-state index in [1.54, 1.807) is 12.1 Å². The van der Waals surface area contributed by atoms with Crippen molar-refractivity contribution in [2.75, 3.05) is 11.9 Å². The van der Waals surface area contributed by atoms with Crippen molar-refractivity contribution in [2.24, 2.45) is 0 Å². The van der Waals surface area contributed by atoms with Crippen LogP contribution in [0.15, 0.2) is 78.9 Å². The van der Waals surface area contributed by atoms with Gasteiger partial charge in [0.25, 0.3) is 0 Å². The third-order valence-electron chi connectivity index (χ3n) is 5.47. The number of nitrogens with zero attached hydrogens (tertiary/aromatic N) is 2. The predicted molar refractivity (Wildman–Crippen MR) is 116 cm³/mol. The number of aromatic nitrogens is 2. The Hall–Kier alpha value is -3.40. The average molecular weight is 383 g/mol. The van der Waals surface area contributed by atoms with Gasteiger partial charge in [0.1, 0.15) is 11.6 Å². The third-order valence-corrected chi connectivity index (χ3v) is 5.47. The Kier molecular flexibility index (Phi) is 4.60. The zero-order valence-electron chi connectivity index (χ0n) is 16.1. The Labute approximate surface area is 169 Å². The van der Waals surface area contributed by atoms with Crippen LogP contribution in [-0.4, -0.2) is 16.3 Å². The zero-order valence-corrected chi connectivity index (χ0v) is 16.1. The Morgan fingerprint density at radius 1 is 0.759 bits per heavy atom. The molecule has 3 nitrogen and oxygen atoms in total. The SMILES string of the molecule is Fc1ccc(-n2nc(-c3ccc(-c4ccccc4)cc3)c3c2NCCCC3)cc1. The molecule has 1 aromatic heterocycles. The van der Waals surface area contributed by atoms with E-state index in [-0.39, 0.29) is 5.82 Å². The van der Waals surface area contributed by atoms with Crippen LogP contribution in [0.3, 0.4) is 0 Å². The second-order valence-corrected chi connectivity index (χ2v) is 7.39. The van der Waals surface area contributed by atoms with Gasteiger partial charge < -0.3 is 5.32 Å². The van der Waals surface area contributed by atoms with Gasteiger partial charge in [-0.05, 0) is 54.7 Å². The van der Waals surface area contributed by atoms with Crippen LogP contribution < -0.4 is 5.32 Å². The maximum Gasteiger partial charge on any atom is 0.133 e. The summed E-state index contributed by atoms with van der Waals surface area (Å²) in [6.45, 7) is 0.923. The van der Waals surface area contributed by atoms with E-state index in [1.807, 2.05) is 10.7 Å². The van der Waals surface area contributed by atoms with Crippen molar-refractivity contribution in [2.45, 2.75) is 19.3 Å². The Bertz CT molecular complexity index is 1110. The van der Waals surface area contributed by atoms with Gasteiger partial charge in [0.15, 0.2) is 0 Å². The van der Waals surface area contributed by atoms with Gasteiger partial charge in [0.05, 0.1) is 11.4 Å². The third kappa shape index (κ3) is 3.42. The second kappa shape index (κ2) is 7.55. The first-order valence-corrected chi connectivity index (χ1v) is 10.1. The summed E-state index contributed by atoms with van der Waals surface area (Å²) < 4.78 is 15.3. The molecule has 0 aliphatic carbocycles. The van der Waals surface area contributed by atoms with Crippen molar-refractivity contribution in [1.82, 2.24) is 9.78 Å². The van der Waals surface area contributed by atoms with Crippen molar-refractivity contribution in [1.29, 1.82) is 0 Å². The summed E-state index contributed by atoms with van der Waals surface area (Å²) >= 11 is 0. The van der Waals surface area contributed by atoms with Crippen LogP contribution in [0.1, 0.15) is 18.4 Å². The van der Waals surface area contributed by atoms with Crippen LogP contribution in [0.2, 0.25) is 0 Å². The summed E-state index contributed by atoms with van der Waals surface area (Å²) in [5, 5.41) is 8.48. The van der Waals surface area contributed by atoms with Gasteiger partial charge in [0, 0.05) is 17.7 Å². The topological polar surface area (TPSA) is 29.9 Å². The number of fused-ring (bicyclic) bond motifs is 1. The first kappa shape index (κ1) is 17.7. The first-order valence-electron chi connectivity index (χ1n) is 10.1. The largest absolute Gasteiger partial charge is 0.370 e. The van der Waals surface area contributed by atoms with E-state index in [0.29, 0.717) is 0 Å². The molecule has 0 radical (unpaired) electrons. The van der Waals surface area contributed by atoms with Gasteiger partial charge >= 0.3 is 0 Å². The molecule has 0 atom stereocenters. The Balaban J connectivity index is 1.59. The fourth-order valence-corrected chi connectivity index (χ4v) is 3.95. The lowest BCUT2D eigenvalue weighted by Gasteiger charge is -2.09. The number of halogens is 1. The summed E-state index contributed by atoms with van der Waals surface area (Å²) in [5.74, 6) is 0.785. The normalized spacial score (nSPS) is 13.4. The maximum atomic E-state index is 13.4. The van der Waals surface area contributed by atoms with Crippen LogP contribution in [0.5, 0.6) is 0 Å². The molecule has 0 amide bonds. The van der Waals surface area contributed by atoms with Crippen molar-refractivity contribution in [3.63, 3.8) is 0 Å². The number of nitrogens with one attached hydrogen (secondary N) is 1. The van der Waals surface area contributed by atoms with Crippen molar-refractivity contribution in [3.05, 3.63) is 90.2 Å². The molecule has 3 aromatic carbocycles. The summed E-state index contributed by atoms with van der Waals surface area (Å²) in [6, 6.07) is 25.5. The smallest absolute Gasteiger partial charge is 0.133 e. The minimum Gasteiger partial charge on any atom is -0.370 e. The van der Waals surface area contributed by atoms with E-state index in [9.17, 15) is 4.39 Å². The lowest BCUT2D eigenvalue weighted by molar-refractivity contribution is 0.627. The summed E-state index contributed by atoms with van der Waals surface area (Å²) in [4.78, 5) is 0. The second-order valence-electron chi connectivity index (χ2n) is 7.39. The highest BCUT2D eigenvalue weighted by Gasteiger charge is 2.21. The molecule has 1 aliphatic rings. The number of hydrogen-bond acceptors (Lipinski definition) is 2. The molecule has 4 heteroatoms. The van der Waals surface area contributed by atoms with Crippen LogP contribution in [0, 0.1) is 5.82 Å². The van der Waals surface area contributed by atoms with Gasteiger partial charge in [0.2, 0.25) is 0 Å². The molecule has 4 aromatic rings. The van der Waals surface area contributed by atoms with Crippen molar-refractivity contribution in [3.8, 4) is 28.1 Å². The molecule has 2 heterocycles. The molecule has 0 unspecified atom stereocenters. The molecule has 144 valence electrons. The van der Waals surface area contributed by atoms with Gasteiger partial charge in [-0.3, -0.25) is 0 Å². The summed E-state index contributed by atoms with van der Waals surface area (Å²) in [6.07, 6.45) is 3.24. The highest BCUT2D eigenvalue weighted by Crippen LogP contribution is 2.34. The molecule has 0 bridgehead atoms. The molecule has 5 rings (SSSR count). The van der Waals surface area contributed by atoms with E-state index >= 15 is 0 Å². The van der Waals surface area contributed by atoms with Crippen LogP contribution >= 0.6 is 0 Å². The molecule has 29 heavy (non-hydrogen) atoms. The number of benzene rings is 3. The minimum atomic E-state index is -0.239. The van der Waals surface area contributed by atoms with E-state index in [2.05, 4.69) is 53.8 Å². The van der Waals surface area contributed by atoms with Crippen molar-refractivity contribution < 1.29 is 4.39 Å². The summed E-state index contributed by atoms with van der Waals surface area (Å²) in [5.41, 5.74) is 6.60. The quantitative estimate of drug-likeness (QED) is 0.464. The molecular weight excluding hydrogens is 361 g/mol. The predicted octanol–water partition coefficient (Wildman–Crippen LogP) is 6.09. The fraction of sp³-hybridized carbons (Fsp3) is 0.160.